The Balaban J connectivity index is 1.48. The van der Waals surface area contributed by atoms with Crippen molar-refractivity contribution in [1.82, 2.24) is 14.6 Å². The minimum atomic E-state index is -3.77. The molecule has 1 aromatic carbocycles. The fourth-order valence-electron chi connectivity index (χ4n) is 3.12. The Morgan fingerprint density at radius 2 is 2.07 bits per heavy atom. The van der Waals surface area contributed by atoms with E-state index in [0.717, 1.165) is 23.8 Å². The van der Waals surface area contributed by atoms with Crippen LogP contribution in [-0.2, 0) is 14.8 Å². The van der Waals surface area contributed by atoms with E-state index in [9.17, 15) is 13.2 Å². The first-order chi connectivity index (χ1) is 13.4. The first-order valence-corrected chi connectivity index (χ1v) is 10.6. The van der Waals surface area contributed by atoms with Crippen LogP contribution in [0.25, 0.3) is 11.0 Å². The zero-order valence-corrected chi connectivity index (χ0v) is 16.2. The monoisotopic (exact) mass is 399 g/mol. The second-order valence-corrected chi connectivity index (χ2v) is 8.84. The predicted molar refractivity (Wildman–Crippen MR) is 104 cm³/mol. The minimum Gasteiger partial charge on any atom is -0.459 e. The lowest BCUT2D eigenvalue weighted by Gasteiger charge is -2.22. The highest BCUT2D eigenvalue weighted by Gasteiger charge is 2.39. The number of para-hydroxylation sites is 1. The average molecular weight is 399 g/mol. The van der Waals surface area contributed by atoms with Crippen molar-refractivity contribution in [1.29, 1.82) is 0 Å². The molecule has 0 saturated heterocycles. The van der Waals surface area contributed by atoms with Crippen LogP contribution in [0.4, 0.5) is 0 Å². The maximum atomic E-state index is 12.9. The summed E-state index contributed by atoms with van der Waals surface area (Å²) in [6.45, 7) is 1.58. The maximum absolute atomic E-state index is 12.9. The number of nitrogens with zero attached hydrogens (tertiary/aromatic N) is 2. The second kappa shape index (κ2) is 7.37. The zero-order chi connectivity index (χ0) is 19.7. The van der Waals surface area contributed by atoms with Gasteiger partial charge in [0.05, 0.1) is 12.6 Å². The number of hydrogen-bond donors (Lipinski definition) is 1. The number of pyridine rings is 1. The van der Waals surface area contributed by atoms with Gasteiger partial charge < -0.3 is 9.73 Å². The molecule has 4 rings (SSSR count). The van der Waals surface area contributed by atoms with Crippen LogP contribution >= 0.6 is 0 Å². The van der Waals surface area contributed by atoms with Crippen molar-refractivity contribution < 1.29 is 17.6 Å². The van der Waals surface area contributed by atoms with Crippen LogP contribution < -0.4 is 5.32 Å². The SMILES string of the molecule is CC(NC(=O)CN(C1CC1)S(=O)(=O)c1cccnc1)c1cc2ccccc2o1. The fraction of sp³-hybridized carbons (Fsp3) is 0.300. The van der Waals surface area contributed by atoms with Gasteiger partial charge >= 0.3 is 0 Å². The summed E-state index contributed by atoms with van der Waals surface area (Å²) in [6.07, 6.45) is 4.33. The van der Waals surface area contributed by atoms with Gasteiger partial charge in [0, 0.05) is 23.8 Å². The Kier molecular flexibility index (Phi) is 4.91. The summed E-state index contributed by atoms with van der Waals surface area (Å²) >= 11 is 0. The number of hydrogen-bond acceptors (Lipinski definition) is 5. The van der Waals surface area contributed by atoms with E-state index in [1.54, 1.807) is 6.07 Å². The number of amides is 1. The summed E-state index contributed by atoms with van der Waals surface area (Å²) in [5.41, 5.74) is 0.748. The second-order valence-electron chi connectivity index (χ2n) is 6.95. The van der Waals surface area contributed by atoms with Crippen LogP contribution in [0, 0.1) is 0 Å². The molecule has 146 valence electrons. The van der Waals surface area contributed by atoms with Crippen LogP contribution in [0.5, 0.6) is 0 Å². The third-order valence-corrected chi connectivity index (χ3v) is 6.63. The first kappa shape index (κ1) is 18.6. The van der Waals surface area contributed by atoms with Crippen molar-refractivity contribution in [3.63, 3.8) is 0 Å². The van der Waals surface area contributed by atoms with Gasteiger partial charge in [0.15, 0.2) is 0 Å². The Hall–Kier alpha value is -2.71. The topological polar surface area (TPSA) is 92.5 Å². The molecule has 2 heterocycles. The number of carbonyl (C=O) groups excluding carboxylic acids is 1. The fourth-order valence-corrected chi connectivity index (χ4v) is 4.73. The van der Waals surface area contributed by atoms with E-state index < -0.39 is 10.0 Å². The molecule has 3 aromatic rings. The summed E-state index contributed by atoms with van der Waals surface area (Å²) in [4.78, 5) is 16.6. The number of rotatable bonds is 7. The van der Waals surface area contributed by atoms with E-state index in [1.165, 1.54) is 22.8 Å². The molecule has 2 aromatic heterocycles. The van der Waals surface area contributed by atoms with Crippen molar-refractivity contribution in [2.45, 2.75) is 36.7 Å². The summed E-state index contributed by atoms with van der Waals surface area (Å²) in [5.74, 6) is 0.259. The van der Waals surface area contributed by atoms with Gasteiger partial charge in [-0.05, 0) is 44.0 Å². The van der Waals surface area contributed by atoms with E-state index in [1.807, 2.05) is 37.3 Å². The standard InChI is InChI=1S/C20H21N3O4S/c1-14(19-11-15-5-2-3-7-18(15)27-19)22-20(24)13-23(16-8-9-16)28(25,26)17-6-4-10-21-12-17/h2-7,10-12,14,16H,8-9,13H2,1H3,(H,22,24). The Morgan fingerprint density at radius 3 is 2.75 bits per heavy atom. The highest BCUT2D eigenvalue weighted by molar-refractivity contribution is 7.89. The van der Waals surface area contributed by atoms with Crippen molar-refractivity contribution in [2.75, 3.05) is 6.54 Å². The first-order valence-electron chi connectivity index (χ1n) is 9.15. The summed E-state index contributed by atoms with van der Waals surface area (Å²) in [5, 5.41) is 3.80. The third kappa shape index (κ3) is 3.79. The Bertz CT molecular complexity index is 1060. The molecule has 1 aliphatic rings. The normalized spacial score (nSPS) is 15.6. The van der Waals surface area contributed by atoms with Gasteiger partial charge in [0.1, 0.15) is 16.2 Å². The molecule has 7 nitrogen and oxygen atoms in total. The Labute approximate surface area is 163 Å². The van der Waals surface area contributed by atoms with Gasteiger partial charge in [0.25, 0.3) is 0 Å². The number of sulfonamides is 1. The number of fused-ring (bicyclic) bond motifs is 1. The molecule has 0 aliphatic heterocycles. The van der Waals surface area contributed by atoms with Crippen LogP contribution in [0.1, 0.15) is 31.6 Å². The van der Waals surface area contributed by atoms with Crippen LogP contribution in [0.3, 0.4) is 0 Å². The van der Waals surface area contributed by atoms with Gasteiger partial charge in [0.2, 0.25) is 15.9 Å². The lowest BCUT2D eigenvalue weighted by atomic mass is 10.2. The number of benzene rings is 1. The molecule has 1 saturated carbocycles. The quantitative estimate of drug-likeness (QED) is 0.659. The molecule has 28 heavy (non-hydrogen) atoms. The smallest absolute Gasteiger partial charge is 0.245 e. The summed E-state index contributed by atoms with van der Waals surface area (Å²) < 4.78 is 32.9. The van der Waals surface area contributed by atoms with Gasteiger partial charge in [-0.15, -0.1) is 0 Å². The average Bonchev–Trinajstić information content (AvgIpc) is 3.43. The number of aromatic nitrogens is 1. The van der Waals surface area contributed by atoms with E-state index in [-0.39, 0.29) is 29.4 Å². The molecule has 0 radical (unpaired) electrons. The predicted octanol–water partition coefficient (Wildman–Crippen LogP) is 2.86. The molecule has 1 N–H and O–H groups in total. The van der Waals surface area contributed by atoms with Gasteiger partial charge in [-0.2, -0.15) is 4.31 Å². The lowest BCUT2D eigenvalue weighted by Crippen LogP contribution is -2.42. The largest absolute Gasteiger partial charge is 0.459 e. The molecular formula is C20H21N3O4S. The molecule has 0 bridgehead atoms. The minimum absolute atomic E-state index is 0.0973. The van der Waals surface area contributed by atoms with Gasteiger partial charge in [-0.3, -0.25) is 9.78 Å². The number of nitrogens with one attached hydrogen (secondary N) is 1. The molecule has 0 spiro atoms. The molecule has 1 amide bonds. The van der Waals surface area contributed by atoms with E-state index >= 15 is 0 Å². The van der Waals surface area contributed by atoms with Gasteiger partial charge in [-0.25, -0.2) is 8.42 Å². The van der Waals surface area contributed by atoms with Crippen molar-refractivity contribution in [2.24, 2.45) is 0 Å². The van der Waals surface area contributed by atoms with E-state index in [0.29, 0.717) is 5.76 Å². The molecule has 1 unspecified atom stereocenters. The highest BCUT2D eigenvalue weighted by Crippen LogP contribution is 2.31. The third-order valence-electron chi connectivity index (χ3n) is 4.74. The maximum Gasteiger partial charge on any atom is 0.245 e. The summed E-state index contributed by atoms with van der Waals surface area (Å²) in [6, 6.07) is 12.0. The molecule has 1 fully saturated rings. The summed E-state index contributed by atoms with van der Waals surface area (Å²) in [7, 11) is -3.77. The lowest BCUT2D eigenvalue weighted by molar-refractivity contribution is -0.122. The van der Waals surface area contributed by atoms with Crippen molar-refractivity contribution in [3.8, 4) is 0 Å². The van der Waals surface area contributed by atoms with Crippen molar-refractivity contribution >= 4 is 26.9 Å². The van der Waals surface area contributed by atoms with E-state index in [4.69, 9.17) is 4.42 Å². The zero-order valence-electron chi connectivity index (χ0n) is 15.4. The highest BCUT2D eigenvalue weighted by atomic mass is 32.2. The van der Waals surface area contributed by atoms with Crippen molar-refractivity contribution in [3.05, 3.63) is 60.6 Å². The molecule has 8 heteroatoms. The molecule has 1 aliphatic carbocycles. The number of carbonyl (C=O) groups is 1. The van der Waals surface area contributed by atoms with Gasteiger partial charge in [-0.1, -0.05) is 18.2 Å². The number of furan rings is 1. The Morgan fingerprint density at radius 1 is 1.29 bits per heavy atom. The van der Waals surface area contributed by atoms with Crippen LogP contribution in [0.15, 0.2) is 64.2 Å². The molecule has 1 atom stereocenters. The van der Waals surface area contributed by atoms with E-state index in [2.05, 4.69) is 10.3 Å². The molecular weight excluding hydrogens is 378 g/mol. The van der Waals surface area contributed by atoms with Crippen LogP contribution in [0.2, 0.25) is 0 Å². The van der Waals surface area contributed by atoms with Crippen LogP contribution in [-0.4, -0.2) is 36.2 Å².